The minimum absolute atomic E-state index is 0.339. The Morgan fingerprint density at radius 2 is 1.89 bits per heavy atom. The van der Waals surface area contributed by atoms with Crippen LogP contribution in [-0.2, 0) is 9.53 Å². The van der Waals surface area contributed by atoms with Gasteiger partial charge < -0.3 is 4.74 Å². The summed E-state index contributed by atoms with van der Waals surface area (Å²) < 4.78 is 4.69. The molecule has 1 rings (SSSR count). The fourth-order valence-corrected chi connectivity index (χ4v) is 2.11. The maximum Gasteiger partial charge on any atom is 0.330 e. The normalized spacial score (nSPS) is 11.5. The summed E-state index contributed by atoms with van der Waals surface area (Å²) in [6.07, 6.45) is 2.09. The molecule has 2 nitrogen and oxygen atoms in total. The van der Waals surface area contributed by atoms with Crippen molar-refractivity contribution in [1.29, 1.82) is 0 Å². The maximum absolute atomic E-state index is 11.4. The molecule has 3 heteroatoms. The molecule has 0 saturated heterocycles. The molecule has 0 heterocycles. The lowest BCUT2D eigenvalue weighted by Gasteiger charge is -2.06. The Kier molecular flexibility index (Phi) is 5.59. The van der Waals surface area contributed by atoms with Crippen molar-refractivity contribution in [2.45, 2.75) is 26.1 Å². The molecule has 0 aliphatic heterocycles. The minimum Gasteiger partial charge on any atom is -0.466 e. The van der Waals surface area contributed by atoms with E-state index in [-0.39, 0.29) is 5.97 Å². The van der Waals surface area contributed by atoms with Gasteiger partial charge in [-0.25, -0.2) is 4.79 Å². The Hall–Kier alpha value is -1.79. The van der Waals surface area contributed by atoms with E-state index in [1.165, 1.54) is 13.2 Å². The molecule has 0 aliphatic rings. The summed E-state index contributed by atoms with van der Waals surface area (Å²) in [5, 5.41) is 0. The van der Waals surface area contributed by atoms with Crippen molar-refractivity contribution in [3.05, 3.63) is 42.0 Å². The van der Waals surface area contributed by atoms with Crippen LogP contribution >= 0.6 is 0 Å². The molecule has 0 fully saturated rings. The molecule has 0 bridgehead atoms. The zero-order valence-electron chi connectivity index (χ0n) is 12.0. The predicted molar refractivity (Wildman–Crippen MR) is 82.2 cm³/mol. The van der Waals surface area contributed by atoms with Crippen LogP contribution in [0, 0.1) is 11.5 Å². The molecule has 0 amide bonds. The highest BCUT2D eigenvalue weighted by Gasteiger charge is 2.08. The van der Waals surface area contributed by atoms with Gasteiger partial charge in [-0.1, -0.05) is 50.0 Å². The van der Waals surface area contributed by atoms with Crippen molar-refractivity contribution in [3.63, 3.8) is 0 Å². The first-order chi connectivity index (χ1) is 8.92. The summed E-state index contributed by atoms with van der Waals surface area (Å²) in [4.78, 5) is 11.4. The minimum atomic E-state index is -1.38. The molecule has 0 spiro atoms. The van der Waals surface area contributed by atoms with Crippen LogP contribution in [0.5, 0.6) is 0 Å². The molecular formula is C16H20O2Si. The van der Waals surface area contributed by atoms with Crippen molar-refractivity contribution in [1.82, 2.24) is 0 Å². The first-order valence-corrected chi connectivity index (χ1v) is 9.76. The first kappa shape index (κ1) is 15.3. The van der Waals surface area contributed by atoms with Gasteiger partial charge in [-0.05, 0) is 11.1 Å². The fourth-order valence-electron chi connectivity index (χ4n) is 1.49. The Morgan fingerprint density at radius 3 is 2.42 bits per heavy atom. The van der Waals surface area contributed by atoms with E-state index >= 15 is 0 Å². The average Bonchev–Trinajstić information content (AvgIpc) is 2.37. The van der Waals surface area contributed by atoms with Crippen LogP contribution < -0.4 is 0 Å². The Balaban J connectivity index is 2.98. The maximum atomic E-state index is 11.4. The highest BCUT2D eigenvalue weighted by molar-refractivity contribution is 6.83. The number of rotatable bonds is 3. The number of ether oxygens (including phenoxy) is 1. The summed E-state index contributed by atoms with van der Waals surface area (Å²) in [5.41, 5.74) is 5.22. The lowest BCUT2D eigenvalue weighted by molar-refractivity contribution is -0.134. The van der Waals surface area contributed by atoms with Gasteiger partial charge in [0.2, 0.25) is 0 Å². The van der Waals surface area contributed by atoms with Crippen LogP contribution in [0.1, 0.15) is 12.0 Å². The number of esters is 1. The van der Waals surface area contributed by atoms with Gasteiger partial charge in [0.25, 0.3) is 0 Å². The average molecular weight is 272 g/mol. The number of carbonyl (C=O) groups is 1. The zero-order valence-corrected chi connectivity index (χ0v) is 13.0. The van der Waals surface area contributed by atoms with Crippen LogP contribution in [0.4, 0.5) is 0 Å². The SMILES string of the molecule is COC(=O)/C=C(\CC#C[Si](C)(C)C)c1ccccc1. The molecule has 0 aliphatic carbocycles. The third-order valence-electron chi connectivity index (χ3n) is 2.38. The van der Waals surface area contributed by atoms with E-state index in [4.69, 9.17) is 4.74 Å². The van der Waals surface area contributed by atoms with Gasteiger partial charge in [-0.3, -0.25) is 0 Å². The van der Waals surface area contributed by atoms with Gasteiger partial charge in [-0.15, -0.1) is 11.5 Å². The van der Waals surface area contributed by atoms with Crippen molar-refractivity contribution in [3.8, 4) is 11.5 Å². The third kappa shape index (κ3) is 6.07. The number of hydrogen-bond acceptors (Lipinski definition) is 2. The van der Waals surface area contributed by atoms with E-state index in [0.29, 0.717) is 6.42 Å². The summed E-state index contributed by atoms with van der Waals surface area (Å²) in [6.45, 7) is 6.60. The van der Waals surface area contributed by atoms with Crippen molar-refractivity contribution in [2.24, 2.45) is 0 Å². The van der Waals surface area contributed by atoms with Gasteiger partial charge in [0.1, 0.15) is 8.07 Å². The molecule has 0 N–H and O–H groups in total. The fraction of sp³-hybridized carbons (Fsp3) is 0.312. The molecule has 19 heavy (non-hydrogen) atoms. The monoisotopic (exact) mass is 272 g/mol. The molecule has 1 aromatic rings. The quantitative estimate of drug-likeness (QED) is 0.364. The highest BCUT2D eigenvalue weighted by atomic mass is 28.3. The number of allylic oxidation sites excluding steroid dienone is 1. The summed E-state index contributed by atoms with van der Waals surface area (Å²) in [7, 11) is 0.00636. The van der Waals surface area contributed by atoms with Gasteiger partial charge in [0.05, 0.1) is 7.11 Å². The largest absolute Gasteiger partial charge is 0.466 e. The summed E-state index contributed by atoms with van der Waals surface area (Å²) in [6, 6.07) is 9.81. The predicted octanol–water partition coefficient (Wildman–Crippen LogP) is 3.51. The van der Waals surface area contributed by atoms with E-state index < -0.39 is 8.07 Å². The number of methoxy groups -OCH3 is 1. The second-order valence-corrected chi connectivity index (χ2v) is 10.0. The molecule has 0 unspecified atom stereocenters. The standard InChI is InChI=1S/C16H20O2Si/c1-18-16(17)13-15(11-8-12-19(2,3)4)14-9-6-5-7-10-14/h5-7,9-10,13H,11H2,1-4H3/b15-13+. The summed E-state index contributed by atoms with van der Waals surface area (Å²) in [5.74, 6) is 2.85. The highest BCUT2D eigenvalue weighted by Crippen LogP contribution is 2.17. The topological polar surface area (TPSA) is 26.3 Å². The lowest BCUT2D eigenvalue weighted by atomic mass is 10.0. The third-order valence-corrected chi connectivity index (χ3v) is 3.31. The number of hydrogen-bond donors (Lipinski definition) is 0. The van der Waals surface area contributed by atoms with E-state index in [9.17, 15) is 4.79 Å². The molecule has 0 radical (unpaired) electrons. The van der Waals surface area contributed by atoms with Crippen LogP contribution in [-0.4, -0.2) is 21.2 Å². The van der Waals surface area contributed by atoms with Crippen molar-refractivity contribution < 1.29 is 9.53 Å². The van der Waals surface area contributed by atoms with Crippen LogP contribution in [0.2, 0.25) is 19.6 Å². The lowest BCUT2D eigenvalue weighted by Crippen LogP contribution is -2.16. The van der Waals surface area contributed by atoms with Gasteiger partial charge in [-0.2, -0.15) is 0 Å². The Labute approximate surface area is 116 Å². The van der Waals surface area contributed by atoms with E-state index in [0.717, 1.165) is 11.1 Å². The molecule has 0 saturated carbocycles. The molecule has 100 valence electrons. The van der Waals surface area contributed by atoms with E-state index in [1.54, 1.807) is 0 Å². The molecule has 1 aromatic carbocycles. The van der Waals surface area contributed by atoms with Crippen LogP contribution in [0.25, 0.3) is 5.57 Å². The molecule has 0 atom stereocenters. The van der Waals surface area contributed by atoms with Gasteiger partial charge >= 0.3 is 5.97 Å². The van der Waals surface area contributed by atoms with Gasteiger partial charge in [0, 0.05) is 12.5 Å². The molecular weight excluding hydrogens is 252 g/mol. The number of benzene rings is 1. The van der Waals surface area contributed by atoms with Crippen molar-refractivity contribution in [2.75, 3.05) is 7.11 Å². The van der Waals surface area contributed by atoms with Gasteiger partial charge in [0.15, 0.2) is 0 Å². The second kappa shape index (κ2) is 6.96. The summed E-state index contributed by atoms with van der Waals surface area (Å²) >= 11 is 0. The first-order valence-electron chi connectivity index (χ1n) is 6.26. The number of carbonyl (C=O) groups excluding carboxylic acids is 1. The Bertz CT molecular complexity index is 513. The van der Waals surface area contributed by atoms with Crippen molar-refractivity contribution >= 4 is 19.6 Å². The van der Waals surface area contributed by atoms with Crippen LogP contribution in [0.3, 0.4) is 0 Å². The van der Waals surface area contributed by atoms with E-state index in [1.807, 2.05) is 30.3 Å². The Morgan fingerprint density at radius 1 is 1.26 bits per heavy atom. The van der Waals surface area contributed by atoms with Crippen LogP contribution in [0.15, 0.2) is 36.4 Å². The smallest absolute Gasteiger partial charge is 0.330 e. The van der Waals surface area contributed by atoms with E-state index in [2.05, 4.69) is 31.1 Å². The zero-order chi connectivity index (χ0) is 14.3. The molecule has 0 aromatic heterocycles. The second-order valence-electron chi connectivity index (χ2n) is 5.29.